The third-order valence-corrected chi connectivity index (χ3v) is 5.09. The molecule has 0 saturated heterocycles. The van der Waals surface area contributed by atoms with Crippen LogP contribution < -0.4 is 5.32 Å². The highest BCUT2D eigenvalue weighted by Gasteiger charge is 2.31. The van der Waals surface area contributed by atoms with Gasteiger partial charge in [0.15, 0.2) is 0 Å². The first kappa shape index (κ1) is 13.2. The summed E-state index contributed by atoms with van der Waals surface area (Å²) in [6.07, 6.45) is 8.29. The van der Waals surface area contributed by atoms with Crippen LogP contribution in [-0.4, -0.2) is 6.04 Å². The summed E-state index contributed by atoms with van der Waals surface area (Å²) in [6, 6.07) is 9.98. The van der Waals surface area contributed by atoms with Crippen molar-refractivity contribution in [1.82, 2.24) is 5.32 Å². The topological polar surface area (TPSA) is 12.0 Å². The third-order valence-electron chi connectivity index (χ3n) is 5.09. The molecule has 0 aromatic heterocycles. The maximum atomic E-state index is 3.79. The zero-order valence-corrected chi connectivity index (χ0v) is 12.4. The zero-order chi connectivity index (χ0) is 13.3. The lowest BCUT2D eigenvalue weighted by Gasteiger charge is -2.39. The standard InChI is InChI=1S/C18H27N/c1-18(2)12-4-3-5-17(18)19-13-14-6-8-15(9-7-14)16-10-11-16/h6-9,16-17,19H,3-5,10-13H2,1-2H3. The van der Waals surface area contributed by atoms with Crippen LogP contribution in [-0.2, 0) is 6.54 Å². The molecule has 2 aliphatic carbocycles. The van der Waals surface area contributed by atoms with E-state index in [1.165, 1.54) is 44.1 Å². The molecule has 2 aliphatic rings. The van der Waals surface area contributed by atoms with E-state index >= 15 is 0 Å². The van der Waals surface area contributed by atoms with Gasteiger partial charge in [-0.25, -0.2) is 0 Å². The van der Waals surface area contributed by atoms with E-state index in [0.717, 1.165) is 12.5 Å². The Kier molecular flexibility index (Phi) is 3.66. The Morgan fingerprint density at radius 3 is 2.42 bits per heavy atom. The summed E-state index contributed by atoms with van der Waals surface area (Å²) >= 11 is 0. The van der Waals surface area contributed by atoms with Gasteiger partial charge >= 0.3 is 0 Å². The molecule has 1 aromatic rings. The molecule has 104 valence electrons. The molecule has 1 atom stereocenters. The molecule has 0 bridgehead atoms. The van der Waals surface area contributed by atoms with Gasteiger partial charge in [-0.05, 0) is 48.1 Å². The van der Waals surface area contributed by atoms with Crippen LogP contribution in [0.5, 0.6) is 0 Å². The van der Waals surface area contributed by atoms with Crippen LogP contribution in [0.3, 0.4) is 0 Å². The van der Waals surface area contributed by atoms with E-state index in [2.05, 4.69) is 43.4 Å². The highest BCUT2D eigenvalue weighted by molar-refractivity contribution is 5.28. The first-order valence-corrected chi connectivity index (χ1v) is 7.97. The minimum atomic E-state index is 0.464. The van der Waals surface area contributed by atoms with Gasteiger partial charge in [0, 0.05) is 12.6 Å². The minimum absolute atomic E-state index is 0.464. The molecular weight excluding hydrogens is 230 g/mol. The zero-order valence-electron chi connectivity index (χ0n) is 12.4. The van der Waals surface area contributed by atoms with Gasteiger partial charge in [0.05, 0.1) is 0 Å². The second kappa shape index (κ2) is 5.28. The second-order valence-electron chi connectivity index (χ2n) is 7.18. The number of rotatable bonds is 4. The van der Waals surface area contributed by atoms with Crippen LogP contribution in [0.2, 0.25) is 0 Å². The first-order valence-electron chi connectivity index (χ1n) is 7.97. The minimum Gasteiger partial charge on any atom is -0.309 e. The second-order valence-corrected chi connectivity index (χ2v) is 7.18. The fourth-order valence-corrected chi connectivity index (χ4v) is 3.44. The number of hydrogen-bond acceptors (Lipinski definition) is 1. The SMILES string of the molecule is CC1(C)CCCCC1NCc1ccc(C2CC2)cc1. The van der Waals surface area contributed by atoms with Gasteiger partial charge in [0.2, 0.25) is 0 Å². The molecule has 19 heavy (non-hydrogen) atoms. The van der Waals surface area contributed by atoms with Crippen LogP contribution in [0.4, 0.5) is 0 Å². The largest absolute Gasteiger partial charge is 0.309 e. The summed E-state index contributed by atoms with van der Waals surface area (Å²) in [5.74, 6) is 0.874. The Balaban J connectivity index is 1.56. The van der Waals surface area contributed by atoms with Gasteiger partial charge < -0.3 is 5.32 Å². The third kappa shape index (κ3) is 3.20. The first-order chi connectivity index (χ1) is 9.15. The number of hydrogen-bond donors (Lipinski definition) is 1. The average Bonchev–Trinajstić information content (AvgIpc) is 3.22. The van der Waals surface area contributed by atoms with E-state index in [4.69, 9.17) is 0 Å². The van der Waals surface area contributed by atoms with Crippen LogP contribution in [0.25, 0.3) is 0 Å². The van der Waals surface area contributed by atoms with E-state index in [-0.39, 0.29) is 0 Å². The molecule has 0 aliphatic heterocycles. The van der Waals surface area contributed by atoms with Gasteiger partial charge in [0.1, 0.15) is 0 Å². The molecular formula is C18H27N. The summed E-state index contributed by atoms with van der Waals surface area (Å²) in [5.41, 5.74) is 3.44. The van der Waals surface area contributed by atoms with Crippen LogP contribution >= 0.6 is 0 Å². The smallest absolute Gasteiger partial charge is 0.0208 e. The van der Waals surface area contributed by atoms with Crippen molar-refractivity contribution in [1.29, 1.82) is 0 Å². The Hall–Kier alpha value is -0.820. The van der Waals surface area contributed by atoms with E-state index in [1.807, 2.05) is 0 Å². The van der Waals surface area contributed by atoms with Crippen molar-refractivity contribution in [3.63, 3.8) is 0 Å². The van der Waals surface area contributed by atoms with Crippen molar-refractivity contribution < 1.29 is 0 Å². The Bertz CT molecular complexity index is 414. The van der Waals surface area contributed by atoms with Crippen LogP contribution in [0.1, 0.15) is 69.4 Å². The number of nitrogens with one attached hydrogen (secondary N) is 1. The highest BCUT2D eigenvalue weighted by atomic mass is 14.9. The summed E-state index contributed by atoms with van der Waals surface area (Å²) in [7, 11) is 0. The van der Waals surface area contributed by atoms with E-state index in [9.17, 15) is 0 Å². The highest BCUT2D eigenvalue weighted by Crippen LogP contribution is 2.40. The fraction of sp³-hybridized carbons (Fsp3) is 0.667. The molecule has 3 rings (SSSR count). The predicted octanol–water partition coefficient (Wildman–Crippen LogP) is 4.62. The van der Waals surface area contributed by atoms with Crippen molar-refractivity contribution in [3.05, 3.63) is 35.4 Å². The van der Waals surface area contributed by atoms with E-state index in [0.29, 0.717) is 11.5 Å². The molecule has 0 amide bonds. The lowest BCUT2D eigenvalue weighted by molar-refractivity contribution is 0.167. The average molecular weight is 257 g/mol. The van der Waals surface area contributed by atoms with Crippen molar-refractivity contribution in [3.8, 4) is 0 Å². The van der Waals surface area contributed by atoms with Crippen molar-refractivity contribution in [2.45, 2.75) is 70.9 Å². The molecule has 0 heterocycles. The van der Waals surface area contributed by atoms with Crippen molar-refractivity contribution in [2.75, 3.05) is 0 Å². The Morgan fingerprint density at radius 2 is 1.79 bits per heavy atom. The molecule has 1 heteroatoms. The molecule has 0 spiro atoms. The maximum absolute atomic E-state index is 3.79. The normalized spacial score (nSPS) is 26.3. The molecule has 2 saturated carbocycles. The quantitative estimate of drug-likeness (QED) is 0.829. The maximum Gasteiger partial charge on any atom is 0.0208 e. The molecule has 1 N–H and O–H groups in total. The summed E-state index contributed by atoms with van der Waals surface area (Å²) < 4.78 is 0. The molecule has 1 aromatic carbocycles. The van der Waals surface area contributed by atoms with Crippen molar-refractivity contribution in [2.24, 2.45) is 5.41 Å². The lowest BCUT2D eigenvalue weighted by atomic mass is 9.73. The molecule has 1 unspecified atom stereocenters. The fourth-order valence-electron chi connectivity index (χ4n) is 3.44. The van der Waals surface area contributed by atoms with Crippen LogP contribution in [0.15, 0.2) is 24.3 Å². The summed E-state index contributed by atoms with van der Waals surface area (Å²) in [4.78, 5) is 0. The molecule has 1 nitrogen and oxygen atoms in total. The van der Waals surface area contributed by atoms with Gasteiger partial charge in [-0.2, -0.15) is 0 Å². The van der Waals surface area contributed by atoms with Gasteiger partial charge in [-0.3, -0.25) is 0 Å². The van der Waals surface area contributed by atoms with Crippen molar-refractivity contribution >= 4 is 0 Å². The Morgan fingerprint density at radius 1 is 1.05 bits per heavy atom. The van der Waals surface area contributed by atoms with E-state index < -0.39 is 0 Å². The lowest BCUT2D eigenvalue weighted by Crippen LogP contribution is -2.43. The molecule has 2 fully saturated rings. The molecule has 0 radical (unpaired) electrons. The van der Waals surface area contributed by atoms with Gasteiger partial charge in [-0.1, -0.05) is 51.0 Å². The van der Waals surface area contributed by atoms with Crippen LogP contribution in [0, 0.1) is 5.41 Å². The predicted molar refractivity (Wildman–Crippen MR) is 81.3 cm³/mol. The Labute approximate surface area is 117 Å². The monoisotopic (exact) mass is 257 g/mol. The number of benzene rings is 1. The van der Waals surface area contributed by atoms with E-state index in [1.54, 1.807) is 5.56 Å². The summed E-state index contributed by atoms with van der Waals surface area (Å²) in [6.45, 7) is 5.86. The van der Waals surface area contributed by atoms with Gasteiger partial charge in [-0.15, -0.1) is 0 Å². The van der Waals surface area contributed by atoms with Gasteiger partial charge in [0.25, 0.3) is 0 Å². The summed E-state index contributed by atoms with van der Waals surface area (Å²) in [5, 5.41) is 3.79.